The molecule has 0 bridgehead atoms. The fraction of sp³-hybridized carbons (Fsp3) is 0.571. The SMILES string of the molecule is CC(N)C(CO)Sc1ncc[nH]1. The maximum atomic E-state index is 8.95. The van der Waals surface area contributed by atoms with Gasteiger partial charge in [0.15, 0.2) is 5.16 Å². The summed E-state index contributed by atoms with van der Waals surface area (Å²) in [5, 5.41) is 9.76. The molecule has 0 saturated heterocycles. The molecule has 5 heteroatoms. The van der Waals surface area contributed by atoms with Crippen LogP contribution in [0.2, 0.25) is 0 Å². The number of aromatic amines is 1. The molecule has 0 radical (unpaired) electrons. The van der Waals surface area contributed by atoms with Crippen molar-refractivity contribution in [2.75, 3.05) is 6.61 Å². The summed E-state index contributed by atoms with van der Waals surface area (Å²) >= 11 is 1.46. The van der Waals surface area contributed by atoms with Gasteiger partial charge < -0.3 is 15.8 Å². The van der Waals surface area contributed by atoms with E-state index in [-0.39, 0.29) is 17.9 Å². The number of thioether (sulfide) groups is 1. The quantitative estimate of drug-likeness (QED) is 0.589. The monoisotopic (exact) mass is 187 g/mol. The number of aromatic nitrogens is 2. The molecule has 0 aromatic carbocycles. The average molecular weight is 187 g/mol. The number of aliphatic hydroxyl groups is 1. The number of aliphatic hydroxyl groups excluding tert-OH is 1. The number of hydrogen-bond donors (Lipinski definition) is 3. The fourth-order valence-electron chi connectivity index (χ4n) is 0.769. The number of rotatable bonds is 4. The van der Waals surface area contributed by atoms with Crippen molar-refractivity contribution in [1.82, 2.24) is 9.97 Å². The maximum Gasteiger partial charge on any atom is 0.165 e. The van der Waals surface area contributed by atoms with Gasteiger partial charge in [0.25, 0.3) is 0 Å². The second-order valence-corrected chi connectivity index (χ2v) is 3.82. The molecule has 4 nitrogen and oxygen atoms in total. The van der Waals surface area contributed by atoms with Gasteiger partial charge in [-0.3, -0.25) is 0 Å². The lowest BCUT2D eigenvalue weighted by molar-refractivity contribution is 0.285. The van der Waals surface area contributed by atoms with E-state index in [0.29, 0.717) is 0 Å². The molecular formula is C7H13N3OS. The van der Waals surface area contributed by atoms with E-state index in [4.69, 9.17) is 10.8 Å². The van der Waals surface area contributed by atoms with E-state index < -0.39 is 0 Å². The Hall–Kier alpha value is -0.520. The van der Waals surface area contributed by atoms with Gasteiger partial charge in [-0.05, 0) is 6.92 Å². The summed E-state index contributed by atoms with van der Waals surface area (Å²) in [6, 6.07) is -0.0369. The van der Waals surface area contributed by atoms with Crippen molar-refractivity contribution in [3.63, 3.8) is 0 Å². The van der Waals surface area contributed by atoms with E-state index in [2.05, 4.69) is 9.97 Å². The van der Waals surface area contributed by atoms with Crippen LogP contribution in [0.25, 0.3) is 0 Å². The van der Waals surface area contributed by atoms with Crippen molar-refractivity contribution in [3.8, 4) is 0 Å². The molecule has 0 spiro atoms. The summed E-state index contributed by atoms with van der Waals surface area (Å²) in [5.41, 5.74) is 5.64. The van der Waals surface area contributed by atoms with Gasteiger partial charge in [-0.2, -0.15) is 0 Å². The van der Waals surface area contributed by atoms with Crippen molar-refractivity contribution in [2.45, 2.75) is 23.4 Å². The summed E-state index contributed by atoms with van der Waals surface area (Å²) in [6.07, 6.45) is 3.43. The molecule has 0 aliphatic carbocycles. The van der Waals surface area contributed by atoms with Gasteiger partial charge in [0, 0.05) is 18.4 Å². The van der Waals surface area contributed by atoms with E-state index in [1.54, 1.807) is 12.4 Å². The first kappa shape index (κ1) is 9.57. The summed E-state index contributed by atoms with van der Waals surface area (Å²) in [7, 11) is 0. The van der Waals surface area contributed by atoms with Crippen LogP contribution in [0.4, 0.5) is 0 Å². The van der Waals surface area contributed by atoms with Crippen LogP contribution < -0.4 is 5.73 Å². The highest BCUT2D eigenvalue weighted by atomic mass is 32.2. The molecule has 1 aromatic heterocycles. The van der Waals surface area contributed by atoms with Gasteiger partial charge in [0.2, 0.25) is 0 Å². The van der Waals surface area contributed by atoms with Gasteiger partial charge in [-0.15, -0.1) is 0 Å². The van der Waals surface area contributed by atoms with Crippen molar-refractivity contribution >= 4 is 11.8 Å². The molecule has 0 aliphatic rings. The largest absolute Gasteiger partial charge is 0.395 e. The molecule has 0 saturated carbocycles. The first-order chi connectivity index (χ1) is 5.74. The van der Waals surface area contributed by atoms with Gasteiger partial charge in [-0.1, -0.05) is 11.8 Å². The Morgan fingerprint density at radius 3 is 3.00 bits per heavy atom. The highest BCUT2D eigenvalue weighted by molar-refractivity contribution is 7.99. The molecule has 2 unspecified atom stereocenters. The third-order valence-corrected chi connectivity index (χ3v) is 2.83. The molecule has 0 amide bonds. The van der Waals surface area contributed by atoms with Crippen LogP contribution in [0.1, 0.15) is 6.92 Å². The highest BCUT2D eigenvalue weighted by Gasteiger charge is 2.14. The third-order valence-electron chi connectivity index (χ3n) is 1.50. The molecule has 0 fully saturated rings. The lowest BCUT2D eigenvalue weighted by Gasteiger charge is -2.15. The van der Waals surface area contributed by atoms with Crippen molar-refractivity contribution in [1.29, 1.82) is 0 Å². The zero-order chi connectivity index (χ0) is 8.97. The average Bonchev–Trinajstić information content (AvgIpc) is 2.51. The minimum atomic E-state index is -0.0369. The minimum Gasteiger partial charge on any atom is -0.395 e. The van der Waals surface area contributed by atoms with Crippen molar-refractivity contribution in [2.24, 2.45) is 5.73 Å². The predicted molar refractivity (Wildman–Crippen MR) is 49.0 cm³/mol. The normalized spacial score (nSPS) is 15.9. The van der Waals surface area contributed by atoms with Crippen molar-refractivity contribution < 1.29 is 5.11 Å². The Balaban J connectivity index is 2.48. The molecule has 12 heavy (non-hydrogen) atoms. The highest BCUT2D eigenvalue weighted by Crippen LogP contribution is 2.20. The van der Waals surface area contributed by atoms with Crippen molar-refractivity contribution in [3.05, 3.63) is 12.4 Å². The Bertz CT molecular complexity index is 212. The van der Waals surface area contributed by atoms with E-state index >= 15 is 0 Å². The molecule has 68 valence electrons. The van der Waals surface area contributed by atoms with Crippen LogP contribution in [0.3, 0.4) is 0 Å². The van der Waals surface area contributed by atoms with Gasteiger partial charge in [-0.25, -0.2) is 4.98 Å². The number of hydrogen-bond acceptors (Lipinski definition) is 4. The second kappa shape index (κ2) is 4.49. The summed E-state index contributed by atoms with van der Waals surface area (Å²) in [4.78, 5) is 6.97. The first-order valence-corrected chi connectivity index (χ1v) is 4.64. The zero-order valence-corrected chi connectivity index (χ0v) is 7.71. The third kappa shape index (κ3) is 2.51. The molecule has 0 aliphatic heterocycles. The smallest absolute Gasteiger partial charge is 0.165 e. The van der Waals surface area contributed by atoms with E-state index in [1.165, 1.54) is 11.8 Å². The van der Waals surface area contributed by atoms with Gasteiger partial charge in [0.05, 0.1) is 11.9 Å². The van der Waals surface area contributed by atoms with Crippen LogP contribution in [0, 0.1) is 0 Å². The number of imidazole rings is 1. The Kier molecular flexibility index (Phi) is 3.58. The van der Waals surface area contributed by atoms with Crippen LogP contribution in [0.15, 0.2) is 17.6 Å². The summed E-state index contributed by atoms with van der Waals surface area (Å²) in [5.74, 6) is 0. The molecule has 1 heterocycles. The standard InChI is InChI=1S/C7H13N3OS/c1-5(8)6(4-11)12-7-9-2-3-10-7/h2-3,5-6,11H,4,8H2,1H3,(H,9,10). The van der Waals surface area contributed by atoms with E-state index in [1.807, 2.05) is 6.92 Å². The Labute approximate surface area is 75.6 Å². The van der Waals surface area contributed by atoms with Gasteiger partial charge >= 0.3 is 0 Å². The number of nitrogens with one attached hydrogen (secondary N) is 1. The summed E-state index contributed by atoms with van der Waals surface area (Å²) < 4.78 is 0. The molecule has 4 N–H and O–H groups in total. The van der Waals surface area contributed by atoms with E-state index in [9.17, 15) is 0 Å². The lowest BCUT2D eigenvalue weighted by Crippen LogP contribution is -2.31. The number of nitrogens with two attached hydrogens (primary N) is 1. The second-order valence-electron chi connectivity index (χ2n) is 2.59. The van der Waals surface area contributed by atoms with Gasteiger partial charge in [0.1, 0.15) is 0 Å². The molecule has 2 atom stereocenters. The molecular weight excluding hydrogens is 174 g/mol. The first-order valence-electron chi connectivity index (χ1n) is 3.76. The predicted octanol–water partition coefficient (Wildman–Crippen LogP) is 0.210. The van der Waals surface area contributed by atoms with E-state index in [0.717, 1.165) is 5.16 Å². The fourth-order valence-corrected chi connectivity index (χ4v) is 1.60. The molecule has 1 aromatic rings. The van der Waals surface area contributed by atoms with Crippen LogP contribution in [-0.4, -0.2) is 33.0 Å². The summed E-state index contributed by atoms with van der Waals surface area (Å²) in [6.45, 7) is 1.94. The topological polar surface area (TPSA) is 74.9 Å². The number of H-pyrrole nitrogens is 1. The van der Waals surface area contributed by atoms with Crippen LogP contribution in [-0.2, 0) is 0 Å². The Morgan fingerprint density at radius 2 is 2.58 bits per heavy atom. The van der Waals surface area contributed by atoms with Crippen LogP contribution in [0.5, 0.6) is 0 Å². The number of nitrogens with zero attached hydrogens (tertiary/aromatic N) is 1. The maximum absolute atomic E-state index is 8.95. The Morgan fingerprint density at radius 1 is 1.83 bits per heavy atom. The zero-order valence-electron chi connectivity index (χ0n) is 6.90. The van der Waals surface area contributed by atoms with Crippen LogP contribution >= 0.6 is 11.8 Å². The lowest BCUT2D eigenvalue weighted by atomic mass is 10.3. The molecule has 1 rings (SSSR count). The minimum absolute atomic E-state index is 0.0103.